The number of carbonyl (C=O) groups is 1. The van der Waals surface area contributed by atoms with Gasteiger partial charge in [-0.2, -0.15) is 4.31 Å². The van der Waals surface area contributed by atoms with Crippen LogP contribution in [0, 0.1) is 0 Å². The van der Waals surface area contributed by atoms with Crippen molar-refractivity contribution in [1.82, 2.24) is 4.31 Å². The molecule has 1 saturated heterocycles. The lowest BCUT2D eigenvalue weighted by atomic mass is 10.4. The van der Waals surface area contributed by atoms with E-state index >= 15 is 0 Å². The summed E-state index contributed by atoms with van der Waals surface area (Å²) >= 11 is 9.54. The van der Waals surface area contributed by atoms with Crippen molar-refractivity contribution >= 4 is 40.5 Å². The van der Waals surface area contributed by atoms with Crippen molar-refractivity contribution in [2.45, 2.75) is 10.1 Å². The van der Waals surface area contributed by atoms with Crippen LogP contribution in [0.5, 0.6) is 0 Å². The molecule has 0 aromatic rings. The Balaban J connectivity index is 2.78. The smallest absolute Gasteiger partial charge is 0.288 e. The van der Waals surface area contributed by atoms with Gasteiger partial charge >= 0.3 is 0 Å². The van der Waals surface area contributed by atoms with Crippen LogP contribution in [0.15, 0.2) is 0 Å². The normalized spacial score (nSPS) is 41.0. The summed E-state index contributed by atoms with van der Waals surface area (Å²) in [6.07, 6.45) is 0. The first-order valence-electron chi connectivity index (χ1n) is 2.52. The molecule has 0 saturated carbocycles. The van der Waals surface area contributed by atoms with Crippen molar-refractivity contribution in [2.75, 3.05) is 7.05 Å². The molecule has 0 spiro atoms. The van der Waals surface area contributed by atoms with E-state index in [0.717, 1.165) is 4.31 Å². The average molecular weight is 202 g/mol. The predicted octanol–water partition coefficient (Wildman–Crippen LogP) is 0.294. The van der Waals surface area contributed by atoms with Crippen molar-refractivity contribution in [3.8, 4) is 0 Å². The van der Waals surface area contributed by atoms with Crippen LogP contribution in [0.3, 0.4) is 0 Å². The van der Waals surface area contributed by atoms with Crippen LogP contribution in [0.4, 0.5) is 0 Å². The number of amides is 1. The van der Waals surface area contributed by atoms with Crippen LogP contribution in [0.25, 0.3) is 0 Å². The minimum atomic E-state index is -1.46. The highest BCUT2D eigenvalue weighted by atomic mass is 35.5. The summed E-state index contributed by atoms with van der Waals surface area (Å²) in [6.45, 7) is 0. The number of alkyl halides is 2. The lowest BCUT2D eigenvalue weighted by Gasteiger charge is -2.10. The van der Waals surface area contributed by atoms with Gasteiger partial charge in [-0.25, -0.2) is 0 Å². The molecule has 10 heavy (non-hydrogen) atoms. The van der Waals surface area contributed by atoms with E-state index in [-0.39, 0.29) is 5.91 Å². The molecule has 1 aliphatic heterocycles. The fourth-order valence-corrected chi connectivity index (χ4v) is 2.48. The maximum absolute atomic E-state index is 10.9. The van der Waals surface area contributed by atoms with Gasteiger partial charge in [0.1, 0.15) is 0 Å². The van der Waals surface area contributed by atoms with Gasteiger partial charge < -0.3 is 4.55 Å². The van der Waals surface area contributed by atoms with E-state index in [0.29, 0.717) is 0 Å². The molecule has 3 nitrogen and oxygen atoms in total. The Hall–Kier alpha value is 0.360. The zero-order valence-electron chi connectivity index (χ0n) is 5.08. The fraction of sp³-hybridized carbons (Fsp3) is 0.750. The van der Waals surface area contributed by atoms with Gasteiger partial charge in [0.25, 0.3) is 5.91 Å². The van der Waals surface area contributed by atoms with Crippen molar-refractivity contribution in [3.05, 3.63) is 0 Å². The second-order valence-corrected chi connectivity index (χ2v) is 4.67. The van der Waals surface area contributed by atoms with Gasteiger partial charge in [-0.15, -0.1) is 11.6 Å². The maximum atomic E-state index is 10.9. The molecule has 3 atom stereocenters. The van der Waals surface area contributed by atoms with Crippen molar-refractivity contribution in [2.24, 2.45) is 0 Å². The summed E-state index contributed by atoms with van der Waals surface area (Å²) < 4.78 is 11.2. The summed E-state index contributed by atoms with van der Waals surface area (Å²) in [7, 11) is 1.41. The molecule has 0 bridgehead atoms. The monoisotopic (exact) mass is 201 g/mol. The summed E-state index contributed by atoms with van der Waals surface area (Å²) in [5.74, 6) is -0.375. The molecule has 0 aliphatic carbocycles. The quantitative estimate of drug-likeness (QED) is 0.418. The van der Waals surface area contributed by atoms with Crippen LogP contribution < -0.4 is 0 Å². The predicted molar refractivity (Wildman–Crippen MR) is 40.2 cm³/mol. The van der Waals surface area contributed by atoms with E-state index < -0.39 is 21.4 Å². The van der Waals surface area contributed by atoms with E-state index in [1.807, 2.05) is 0 Å². The summed E-state index contributed by atoms with van der Waals surface area (Å²) in [5, 5.41) is -0.840. The molecule has 1 aliphatic rings. The van der Waals surface area contributed by atoms with Gasteiger partial charge in [0.15, 0.2) is 5.38 Å². The number of nitrogens with zero attached hydrogens (tertiary/aromatic N) is 1. The lowest BCUT2D eigenvalue weighted by molar-refractivity contribution is -0.123. The van der Waals surface area contributed by atoms with Crippen LogP contribution in [-0.2, 0) is 16.2 Å². The molecule has 0 aromatic heterocycles. The van der Waals surface area contributed by atoms with Gasteiger partial charge in [0, 0.05) is 0 Å². The Kier molecular flexibility index (Phi) is 2.34. The first-order chi connectivity index (χ1) is 4.55. The van der Waals surface area contributed by atoms with Gasteiger partial charge in [0.2, 0.25) is 4.71 Å². The maximum Gasteiger partial charge on any atom is 0.288 e. The summed E-state index contributed by atoms with van der Waals surface area (Å²) in [4.78, 5) is 10.8. The van der Waals surface area contributed by atoms with E-state index in [4.69, 9.17) is 23.2 Å². The second kappa shape index (κ2) is 2.77. The molecule has 1 heterocycles. The van der Waals surface area contributed by atoms with E-state index in [9.17, 15) is 9.35 Å². The van der Waals surface area contributed by atoms with E-state index in [1.54, 1.807) is 0 Å². The number of carbonyl (C=O) groups excluding carboxylic acids is 1. The highest BCUT2D eigenvalue weighted by Gasteiger charge is 2.48. The van der Waals surface area contributed by atoms with E-state index in [2.05, 4.69) is 0 Å². The topological polar surface area (TPSA) is 43.4 Å². The van der Waals surface area contributed by atoms with Gasteiger partial charge in [-0.05, 0) is 0 Å². The SMILES string of the molecule is CN1C(=O)C(Cl)C(Cl)[S+]1[O-]. The molecule has 3 unspecified atom stereocenters. The largest absolute Gasteiger partial charge is 0.592 e. The Morgan fingerprint density at radius 2 is 2.20 bits per heavy atom. The number of hydrogen-bond acceptors (Lipinski definition) is 2. The zero-order chi connectivity index (χ0) is 7.89. The number of rotatable bonds is 0. The molecule has 1 rings (SSSR count). The molecular weight excluding hydrogens is 197 g/mol. The number of hydrogen-bond donors (Lipinski definition) is 0. The average Bonchev–Trinajstić information content (AvgIpc) is 2.07. The molecular formula is C4H5Cl2NO2S. The van der Waals surface area contributed by atoms with Crippen LogP contribution in [0.2, 0.25) is 0 Å². The van der Waals surface area contributed by atoms with Crippen molar-refractivity contribution < 1.29 is 9.35 Å². The summed E-state index contributed by atoms with van der Waals surface area (Å²) in [6, 6.07) is 0. The minimum Gasteiger partial charge on any atom is -0.592 e. The Morgan fingerprint density at radius 3 is 2.30 bits per heavy atom. The highest BCUT2D eigenvalue weighted by Crippen LogP contribution is 2.28. The molecule has 0 N–H and O–H groups in total. The first-order valence-corrected chi connectivity index (χ1v) is 4.56. The molecule has 58 valence electrons. The van der Waals surface area contributed by atoms with Crippen molar-refractivity contribution in [1.29, 1.82) is 0 Å². The Morgan fingerprint density at radius 1 is 1.70 bits per heavy atom. The van der Waals surface area contributed by atoms with Gasteiger partial charge in [-0.3, -0.25) is 4.79 Å². The van der Waals surface area contributed by atoms with Crippen LogP contribution in [-0.4, -0.2) is 31.9 Å². The Labute approximate surface area is 71.6 Å². The third-order valence-electron chi connectivity index (χ3n) is 1.24. The zero-order valence-corrected chi connectivity index (χ0v) is 7.41. The van der Waals surface area contributed by atoms with E-state index in [1.165, 1.54) is 7.05 Å². The standard InChI is InChI=1S/C4H5Cl2NO2S/c1-7-4(8)2(5)3(6)10(7)9/h2-3H,1H3. The molecule has 1 amide bonds. The highest BCUT2D eigenvalue weighted by molar-refractivity contribution is 7.92. The third kappa shape index (κ3) is 1.09. The molecule has 1 fully saturated rings. The fourth-order valence-electron chi connectivity index (χ4n) is 0.628. The van der Waals surface area contributed by atoms with Gasteiger partial charge in [-0.1, -0.05) is 11.6 Å². The molecule has 0 aromatic carbocycles. The minimum absolute atomic E-state index is 0.375. The Bertz CT molecular complexity index is 151. The first kappa shape index (κ1) is 8.46. The van der Waals surface area contributed by atoms with Crippen LogP contribution >= 0.6 is 23.2 Å². The van der Waals surface area contributed by atoms with Crippen molar-refractivity contribution in [3.63, 3.8) is 0 Å². The van der Waals surface area contributed by atoms with Crippen LogP contribution in [0.1, 0.15) is 0 Å². The van der Waals surface area contributed by atoms with Gasteiger partial charge in [0.05, 0.1) is 18.4 Å². The second-order valence-electron chi connectivity index (χ2n) is 1.86. The molecule has 6 heteroatoms. The molecule has 0 radical (unpaired) electrons. The number of halogens is 2. The third-order valence-corrected chi connectivity index (χ3v) is 4.04. The summed E-state index contributed by atoms with van der Waals surface area (Å²) in [5.41, 5.74) is 0. The lowest BCUT2D eigenvalue weighted by Crippen LogP contribution is -2.26.